The number of hydrogen-bond acceptors (Lipinski definition) is 0. The minimum Gasteiger partial charge on any atom is -0.0616 e. The molecule has 0 radical (unpaired) electrons. The molecule has 0 N–H and O–H groups in total. The van der Waals surface area contributed by atoms with Crippen LogP contribution in [-0.2, 0) is 0 Å². The predicted octanol–water partition coefficient (Wildman–Crippen LogP) is 12.5. The second-order valence-corrected chi connectivity index (χ2v) is 11.3. The first-order valence-electron chi connectivity index (χ1n) is 15.2. The summed E-state index contributed by atoms with van der Waals surface area (Å²) in [6.07, 6.45) is 0. The fourth-order valence-electron chi connectivity index (χ4n) is 6.48. The summed E-state index contributed by atoms with van der Waals surface area (Å²) in [7, 11) is 0. The van der Waals surface area contributed by atoms with Gasteiger partial charge in [0.15, 0.2) is 0 Å². The lowest BCUT2D eigenvalue weighted by molar-refractivity contribution is 1.64. The monoisotopic (exact) mass is 558 g/mol. The summed E-state index contributed by atoms with van der Waals surface area (Å²) in [6, 6.07) is 65.3. The molecule has 0 amide bonds. The van der Waals surface area contributed by atoms with Crippen LogP contribution in [0.25, 0.3) is 76.1 Å². The van der Waals surface area contributed by atoms with Gasteiger partial charge in [0, 0.05) is 0 Å². The van der Waals surface area contributed by atoms with Gasteiger partial charge in [0.05, 0.1) is 0 Å². The van der Waals surface area contributed by atoms with Crippen LogP contribution in [0, 0.1) is 0 Å². The molecular weight excluding hydrogens is 528 g/mol. The normalized spacial score (nSPS) is 11.2. The third-order valence-electron chi connectivity index (χ3n) is 8.68. The van der Waals surface area contributed by atoms with Crippen LogP contribution in [0.2, 0.25) is 0 Å². The van der Waals surface area contributed by atoms with E-state index >= 15 is 0 Å². The van der Waals surface area contributed by atoms with E-state index in [4.69, 9.17) is 0 Å². The molecule has 0 heteroatoms. The second-order valence-electron chi connectivity index (χ2n) is 11.3. The minimum absolute atomic E-state index is 1.25. The third kappa shape index (κ3) is 4.77. The standard InChI is InChI=1S/C30H20.C14H10/c1-3-10-24-19-26(15-13-21(24)7-1)29-18-17-23-9-5-6-12-28(23)30(29)27-16-14-22-8-2-4-11-25(22)20-27;1-3-7-13-11(5-1)9-10-12-6-2-4-8-14(12)13/h1-20H;1-10H. The molecule has 0 bridgehead atoms. The zero-order chi connectivity index (χ0) is 29.3. The summed E-state index contributed by atoms with van der Waals surface area (Å²) >= 11 is 0. The van der Waals surface area contributed by atoms with Crippen molar-refractivity contribution in [3.63, 3.8) is 0 Å². The molecule has 0 spiro atoms. The van der Waals surface area contributed by atoms with Gasteiger partial charge in [0.25, 0.3) is 0 Å². The average molecular weight is 559 g/mol. The molecule has 0 saturated heterocycles. The van der Waals surface area contributed by atoms with Gasteiger partial charge in [0.1, 0.15) is 0 Å². The van der Waals surface area contributed by atoms with Gasteiger partial charge in [0.2, 0.25) is 0 Å². The van der Waals surface area contributed by atoms with Crippen LogP contribution in [0.1, 0.15) is 0 Å². The molecule has 0 saturated carbocycles. The quantitative estimate of drug-likeness (QED) is 0.185. The van der Waals surface area contributed by atoms with E-state index in [0.717, 1.165) is 0 Å². The van der Waals surface area contributed by atoms with Crippen LogP contribution in [0.5, 0.6) is 0 Å². The second kappa shape index (κ2) is 11.2. The van der Waals surface area contributed by atoms with Crippen molar-refractivity contribution in [1.29, 1.82) is 0 Å². The summed E-state index contributed by atoms with van der Waals surface area (Å²) in [5.41, 5.74) is 5.08. The first-order valence-corrected chi connectivity index (χ1v) is 15.2. The molecule has 44 heavy (non-hydrogen) atoms. The molecule has 0 fully saturated rings. The third-order valence-corrected chi connectivity index (χ3v) is 8.68. The summed E-state index contributed by atoms with van der Waals surface area (Å²) in [5, 5.41) is 12.9. The fraction of sp³-hybridized carbons (Fsp3) is 0. The van der Waals surface area contributed by atoms with Crippen LogP contribution in [0.3, 0.4) is 0 Å². The van der Waals surface area contributed by atoms with Crippen molar-refractivity contribution in [2.24, 2.45) is 0 Å². The van der Waals surface area contributed by atoms with Gasteiger partial charge >= 0.3 is 0 Å². The molecule has 0 aliphatic carbocycles. The first-order chi connectivity index (χ1) is 21.8. The zero-order valence-corrected chi connectivity index (χ0v) is 24.3. The molecule has 9 aromatic carbocycles. The predicted molar refractivity (Wildman–Crippen MR) is 191 cm³/mol. The fourth-order valence-corrected chi connectivity index (χ4v) is 6.48. The molecule has 9 aromatic rings. The van der Waals surface area contributed by atoms with Crippen molar-refractivity contribution in [1.82, 2.24) is 0 Å². The largest absolute Gasteiger partial charge is 0.0616 e. The lowest BCUT2D eigenvalue weighted by Crippen LogP contribution is -1.89. The van der Waals surface area contributed by atoms with Crippen molar-refractivity contribution in [3.8, 4) is 22.3 Å². The van der Waals surface area contributed by atoms with Crippen molar-refractivity contribution in [2.45, 2.75) is 0 Å². The van der Waals surface area contributed by atoms with Crippen LogP contribution in [-0.4, -0.2) is 0 Å². The van der Waals surface area contributed by atoms with E-state index in [2.05, 4.69) is 182 Å². The smallest absolute Gasteiger partial charge is 0.00266 e. The molecule has 0 nitrogen and oxygen atoms in total. The van der Waals surface area contributed by atoms with Crippen LogP contribution >= 0.6 is 0 Å². The molecule has 0 unspecified atom stereocenters. The van der Waals surface area contributed by atoms with Gasteiger partial charge in [-0.3, -0.25) is 0 Å². The van der Waals surface area contributed by atoms with Crippen molar-refractivity contribution >= 4 is 53.9 Å². The summed E-state index contributed by atoms with van der Waals surface area (Å²) < 4.78 is 0. The Hall–Kier alpha value is -5.72. The number of fused-ring (bicyclic) bond motifs is 6. The lowest BCUT2D eigenvalue weighted by Gasteiger charge is -2.15. The Morgan fingerprint density at radius 3 is 1.16 bits per heavy atom. The molecule has 9 rings (SSSR count). The molecule has 206 valence electrons. The van der Waals surface area contributed by atoms with E-state index in [-0.39, 0.29) is 0 Å². The molecule has 0 aromatic heterocycles. The van der Waals surface area contributed by atoms with Crippen molar-refractivity contribution in [3.05, 3.63) is 182 Å². The van der Waals surface area contributed by atoms with E-state index in [0.29, 0.717) is 0 Å². The Balaban J connectivity index is 0.000000172. The van der Waals surface area contributed by atoms with Crippen LogP contribution < -0.4 is 0 Å². The molecular formula is C44H30. The summed E-state index contributed by atoms with van der Waals surface area (Å²) in [4.78, 5) is 0. The molecule has 0 atom stereocenters. The number of benzene rings is 9. The molecule has 0 aliphatic heterocycles. The van der Waals surface area contributed by atoms with Gasteiger partial charge in [-0.2, -0.15) is 0 Å². The van der Waals surface area contributed by atoms with Crippen molar-refractivity contribution < 1.29 is 0 Å². The molecule has 0 heterocycles. The minimum atomic E-state index is 1.25. The highest BCUT2D eigenvalue weighted by molar-refractivity contribution is 6.08. The van der Waals surface area contributed by atoms with E-state index in [1.54, 1.807) is 0 Å². The highest BCUT2D eigenvalue weighted by Gasteiger charge is 2.13. The Morgan fingerprint density at radius 1 is 0.227 bits per heavy atom. The zero-order valence-electron chi connectivity index (χ0n) is 24.3. The van der Waals surface area contributed by atoms with E-state index in [1.165, 1.54) is 76.1 Å². The van der Waals surface area contributed by atoms with Gasteiger partial charge in [-0.1, -0.05) is 170 Å². The van der Waals surface area contributed by atoms with E-state index in [9.17, 15) is 0 Å². The maximum atomic E-state index is 2.32. The number of rotatable bonds is 2. The van der Waals surface area contributed by atoms with Crippen LogP contribution in [0.15, 0.2) is 182 Å². The Morgan fingerprint density at radius 2 is 0.591 bits per heavy atom. The van der Waals surface area contributed by atoms with Gasteiger partial charge < -0.3 is 0 Å². The Labute approximate surface area is 257 Å². The van der Waals surface area contributed by atoms with E-state index in [1.807, 2.05) is 0 Å². The lowest BCUT2D eigenvalue weighted by atomic mass is 9.88. The van der Waals surface area contributed by atoms with Crippen molar-refractivity contribution in [2.75, 3.05) is 0 Å². The highest BCUT2D eigenvalue weighted by Crippen LogP contribution is 2.40. The summed E-state index contributed by atoms with van der Waals surface area (Å²) in [6.45, 7) is 0. The summed E-state index contributed by atoms with van der Waals surface area (Å²) in [5.74, 6) is 0. The van der Waals surface area contributed by atoms with Gasteiger partial charge in [-0.25, -0.2) is 0 Å². The molecule has 0 aliphatic rings. The Kier molecular flexibility index (Phi) is 6.59. The maximum absolute atomic E-state index is 2.32. The topological polar surface area (TPSA) is 0 Å². The number of hydrogen-bond donors (Lipinski definition) is 0. The average Bonchev–Trinajstić information content (AvgIpc) is 3.11. The van der Waals surface area contributed by atoms with Gasteiger partial charge in [-0.15, -0.1) is 0 Å². The van der Waals surface area contributed by atoms with Crippen LogP contribution in [0.4, 0.5) is 0 Å². The van der Waals surface area contributed by atoms with E-state index < -0.39 is 0 Å². The Bertz CT molecular complexity index is 2390. The SMILES string of the molecule is c1ccc2c(c1)ccc1ccccc12.c1ccc2cc(-c3ccc4ccccc4c3-c3ccc4ccccc4c3)ccc2c1. The highest BCUT2D eigenvalue weighted by atomic mass is 14.2. The maximum Gasteiger partial charge on any atom is -0.00266 e. The first kappa shape index (κ1) is 25.9. The van der Waals surface area contributed by atoms with Gasteiger partial charge in [-0.05, 0) is 88.2 Å².